The summed E-state index contributed by atoms with van der Waals surface area (Å²) in [6.45, 7) is 0.680. The van der Waals surface area contributed by atoms with E-state index in [0.29, 0.717) is 28.9 Å². The third-order valence-corrected chi connectivity index (χ3v) is 3.20. The van der Waals surface area contributed by atoms with E-state index in [2.05, 4.69) is 10.3 Å². The van der Waals surface area contributed by atoms with E-state index < -0.39 is 0 Å². The van der Waals surface area contributed by atoms with Crippen LogP contribution < -0.4 is 5.73 Å². The van der Waals surface area contributed by atoms with Crippen molar-refractivity contribution in [1.82, 2.24) is 15.0 Å². The van der Waals surface area contributed by atoms with Gasteiger partial charge < -0.3 is 10.5 Å². The number of ether oxygens (including phenoxy) is 1. The quantitative estimate of drug-likeness (QED) is 0.936. The molecule has 0 saturated heterocycles. The summed E-state index contributed by atoms with van der Waals surface area (Å²) in [6, 6.07) is 5.24. The van der Waals surface area contributed by atoms with Crippen molar-refractivity contribution in [3.05, 3.63) is 39.6 Å². The van der Waals surface area contributed by atoms with E-state index in [1.807, 2.05) is 6.07 Å². The van der Waals surface area contributed by atoms with Crippen LogP contribution in [0.3, 0.4) is 0 Å². The zero-order valence-electron chi connectivity index (χ0n) is 9.73. The highest BCUT2D eigenvalue weighted by Crippen LogP contribution is 2.25. The van der Waals surface area contributed by atoms with Gasteiger partial charge in [0, 0.05) is 13.7 Å². The highest BCUT2D eigenvalue weighted by Gasteiger charge is 2.13. The number of halogens is 2. The highest BCUT2D eigenvalue weighted by atomic mass is 35.5. The summed E-state index contributed by atoms with van der Waals surface area (Å²) in [5, 5.41) is 9.02. The second kappa shape index (κ2) is 5.67. The van der Waals surface area contributed by atoms with Crippen LogP contribution in [0.4, 0.5) is 0 Å². The lowest BCUT2D eigenvalue weighted by molar-refractivity contribution is 0.178. The molecular weight excluding hydrogens is 275 g/mol. The molecule has 0 amide bonds. The Morgan fingerprint density at radius 1 is 1.33 bits per heavy atom. The van der Waals surface area contributed by atoms with Crippen LogP contribution in [0.1, 0.15) is 11.4 Å². The molecule has 2 aromatic rings. The number of nitrogens with two attached hydrogens (primary N) is 1. The number of nitrogens with zero attached hydrogens (tertiary/aromatic N) is 3. The van der Waals surface area contributed by atoms with Gasteiger partial charge in [-0.3, -0.25) is 0 Å². The molecule has 0 aliphatic heterocycles. The fourth-order valence-corrected chi connectivity index (χ4v) is 1.89. The largest absolute Gasteiger partial charge is 0.378 e. The first-order valence-corrected chi connectivity index (χ1v) is 6.01. The van der Waals surface area contributed by atoms with Crippen molar-refractivity contribution in [3.8, 4) is 5.69 Å². The van der Waals surface area contributed by atoms with E-state index >= 15 is 0 Å². The van der Waals surface area contributed by atoms with Gasteiger partial charge in [-0.05, 0) is 18.2 Å². The molecule has 0 saturated carbocycles. The number of aromatic nitrogens is 3. The average Bonchev–Trinajstić information content (AvgIpc) is 2.76. The van der Waals surface area contributed by atoms with Gasteiger partial charge in [0.15, 0.2) is 0 Å². The van der Waals surface area contributed by atoms with Gasteiger partial charge in [0.05, 0.1) is 28.0 Å². The molecule has 0 aliphatic rings. The molecular formula is C11H12Cl2N4O. The summed E-state index contributed by atoms with van der Waals surface area (Å²) in [5.41, 5.74) is 7.88. The zero-order chi connectivity index (χ0) is 13.1. The van der Waals surface area contributed by atoms with Gasteiger partial charge in [0.1, 0.15) is 5.69 Å². The Balaban J connectivity index is 2.49. The number of methoxy groups -OCH3 is 1. The van der Waals surface area contributed by atoms with Crippen LogP contribution in [0.2, 0.25) is 10.0 Å². The third-order valence-electron chi connectivity index (χ3n) is 2.47. The first kappa shape index (κ1) is 13.3. The molecule has 0 atom stereocenters. The van der Waals surface area contributed by atoms with Crippen LogP contribution >= 0.6 is 23.2 Å². The lowest BCUT2D eigenvalue weighted by Gasteiger charge is -2.07. The van der Waals surface area contributed by atoms with E-state index in [-0.39, 0.29) is 0 Å². The van der Waals surface area contributed by atoms with Gasteiger partial charge >= 0.3 is 0 Å². The predicted octanol–water partition coefficient (Wildman–Crippen LogP) is 2.18. The monoisotopic (exact) mass is 286 g/mol. The molecule has 2 N–H and O–H groups in total. The van der Waals surface area contributed by atoms with E-state index in [1.165, 1.54) is 0 Å². The first-order valence-electron chi connectivity index (χ1n) is 5.25. The van der Waals surface area contributed by atoms with Crippen molar-refractivity contribution in [2.24, 2.45) is 5.73 Å². The summed E-state index contributed by atoms with van der Waals surface area (Å²) < 4.78 is 6.78. The average molecular weight is 287 g/mol. The topological polar surface area (TPSA) is 66.0 Å². The Kier molecular flexibility index (Phi) is 4.19. The normalized spacial score (nSPS) is 10.9. The van der Waals surface area contributed by atoms with Crippen molar-refractivity contribution in [3.63, 3.8) is 0 Å². The van der Waals surface area contributed by atoms with Crippen molar-refractivity contribution < 1.29 is 4.74 Å². The fraction of sp³-hybridized carbons (Fsp3) is 0.273. The van der Waals surface area contributed by atoms with Gasteiger partial charge in [-0.25, -0.2) is 4.68 Å². The molecule has 5 nitrogen and oxygen atoms in total. The van der Waals surface area contributed by atoms with E-state index in [1.54, 1.807) is 23.9 Å². The first-order chi connectivity index (χ1) is 8.67. The minimum atomic E-state index is 0.306. The minimum absolute atomic E-state index is 0.306. The summed E-state index contributed by atoms with van der Waals surface area (Å²) in [6.07, 6.45) is 0. The molecule has 1 aromatic carbocycles. The van der Waals surface area contributed by atoms with Gasteiger partial charge in [-0.15, -0.1) is 5.10 Å². The van der Waals surface area contributed by atoms with Gasteiger partial charge in [0.2, 0.25) is 0 Å². The Morgan fingerprint density at radius 3 is 2.72 bits per heavy atom. The van der Waals surface area contributed by atoms with E-state index in [9.17, 15) is 0 Å². The minimum Gasteiger partial charge on any atom is -0.378 e. The molecule has 7 heteroatoms. The van der Waals surface area contributed by atoms with Gasteiger partial charge in [-0.1, -0.05) is 28.4 Å². The molecule has 1 aromatic heterocycles. The molecule has 2 rings (SSSR count). The van der Waals surface area contributed by atoms with Crippen molar-refractivity contribution >= 4 is 23.2 Å². The lowest BCUT2D eigenvalue weighted by Crippen LogP contribution is -2.07. The molecule has 0 unspecified atom stereocenters. The van der Waals surface area contributed by atoms with Crippen LogP contribution in [0.5, 0.6) is 0 Å². The van der Waals surface area contributed by atoms with Crippen LogP contribution in [0, 0.1) is 0 Å². The summed E-state index contributed by atoms with van der Waals surface area (Å²) in [4.78, 5) is 0. The van der Waals surface area contributed by atoms with E-state index in [4.69, 9.17) is 33.7 Å². The number of hydrogen-bond donors (Lipinski definition) is 1. The van der Waals surface area contributed by atoms with Crippen LogP contribution in [0.15, 0.2) is 18.2 Å². The standard InChI is InChI=1S/C11H12Cl2N4O/c1-18-6-11-10(5-14)15-16-17(11)7-2-3-8(12)9(13)4-7/h2-4H,5-6,14H2,1H3. The van der Waals surface area contributed by atoms with Crippen molar-refractivity contribution in [1.29, 1.82) is 0 Å². The number of hydrogen-bond acceptors (Lipinski definition) is 4. The van der Waals surface area contributed by atoms with Crippen molar-refractivity contribution in [2.75, 3.05) is 7.11 Å². The third kappa shape index (κ3) is 2.49. The predicted molar refractivity (Wildman–Crippen MR) is 70.0 cm³/mol. The smallest absolute Gasteiger partial charge is 0.102 e. The maximum Gasteiger partial charge on any atom is 0.102 e. The number of benzene rings is 1. The Labute approximate surface area is 114 Å². The molecule has 18 heavy (non-hydrogen) atoms. The summed E-state index contributed by atoms with van der Waals surface area (Å²) >= 11 is 11.9. The number of rotatable bonds is 4. The van der Waals surface area contributed by atoms with Crippen molar-refractivity contribution in [2.45, 2.75) is 13.2 Å². The van der Waals surface area contributed by atoms with Crippen LogP contribution in [-0.2, 0) is 17.9 Å². The zero-order valence-corrected chi connectivity index (χ0v) is 11.2. The molecule has 0 fully saturated rings. The second-order valence-electron chi connectivity index (χ2n) is 3.63. The molecule has 96 valence electrons. The maximum atomic E-state index is 5.98. The molecule has 0 spiro atoms. The van der Waals surface area contributed by atoms with Crippen LogP contribution in [-0.4, -0.2) is 22.1 Å². The SMILES string of the molecule is COCc1c(CN)nnn1-c1ccc(Cl)c(Cl)c1. The summed E-state index contributed by atoms with van der Waals surface area (Å²) in [5.74, 6) is 0. The Hall–Kier alpha value is -1.14. The Bertz CT molecular complexity index is 556. The lowest BCUT2D eigenvalue weighted by atomic mass is 10.3. The van der Waals surface area contributed by atoms with Crippen LogP contribution in [0.25, 0.3) is 5.69 Å². The fourth-order valence-electron chi connectivity index (χ4n) is 1.60. The molecule has 0 radical (unpaired) electrons. The van der Waals surface area contributed by atoms with Gasteiger partial charge in [0.25, 0.3) is 0 Å². The molecule has 1 heterocycles. The highest BCUT2D eigenvalue weighted by molar-refractivity contribution is 6.42. The summed E-state index contributed by atoms with van der Waals surface area (Å²) in [7, 11) is 1.60. The molecule has 0 bridgehead atoms. The second-order valence-corrected chi connectivity index (χ2v) is 4.44. The molecule has 0 aliphatic carbocycles. The Morgan fingerprint density at radius 2 is 2.11 bits per heavy atom. The van der Waals surface area contributed by atoms with E-state index in [0.717, 1.165) is 11.4 Å². The maximum absolute atomic E-state index is 5.98. The van der Waals surface area contributed by atoms with Gasteiger partial charge in [-0.2, -0.15) is 0 Å².